The zero-order chi connectivity index (χ0) is 15.4. The van der Waals surface area contributed by atoms with Crippen molar-refractivity contribution in [1.82, 2.24) is 4.90 Å². The number of likely N-dealkylation sites (tertiary alicyclic amines) is 1. The molecule has 1 amide bonds. The van der Waals surface area contributed by atoms with Crippen LogP contribution in [0, 0.1) is 5.92 Å². The lowest BCUT2D eigenvalue weighted by molar-refractivity contribution is -0.147. The number of carbonyl (C=O) groups is 2. The van der Waals surface area contributed by atoms with Crippen LogP contribution in [0.3, 0.4) is 0 Å². The standard InChI is InChI=1S/C16H22N2O3/c1-11-9-13(16(20)21)7-8-18(11)15(19)14(10-17)12-5-3-2-4-6-12/h2-6,11,13-14H,7-10,17H2,1H3,(H,20,21). The summed E-state index contributed by atoms with van der Waals surface area (Å²) < 4.78 is 0. The predicted octanol–water partition coefficient (Wildman–Crippen LogP) is 1.44. The first-order chi connectivity index (χ1) is 10.0. The minimum atomic E-state index is -0.771. The van der Waals surface area contributed by atoms with E-state index in [0.717, 1.165) is 5.56 Å². The average molecular weight is 290 g/mol. The highest BCUT2D eigenvalue weighted by atomic mass is 16.4. The van der Waals surface area contributed by atoms with E-state index in [1.54, 1.807) is 4.90 Å². The molecule has 3 N–H and O–H groups in total. The Bertz CT molecular complexity index is 504. The van der Waals surface area contributed by atoms with Crippen molar-refractivity contribution in [2.24, 2.45) is 11.7 Å². The van der Waals surface area contributed by atoms with Crippen LogP contribution in [0.5, 0.6) is 0 Å². The lowest BCUT2D eigenvalue weighted by atomic mass is 9.89. The number of hydrogen-bond donors (Lipinski definition) is 2. The fraction of sp³-hybridized carbons (Fsp3) is 0.500. The molecule has 1 aromatic carbocycles. The Morgan fingerprint density at radius 3 is 2.57 bits per heavy atom. The largest absolute Gasteiger partial charge is 0.481 e. The second kappa shape index (κ2) is 6.72. The Morgan fingerprint density at radius 2 is 2.05 bits per heavy atom. The Labute approximate surface area is 124 Å². The number of carboxylic acid groups (broad SMARTS) is 1. The molecule has 1 aromatic rings. The van der Waals surface area contributed by atoms with E-state index < -0.39 is 5.97 Å². The molecule has 21 heavy (non-hydrogen) atoms. The summed E-state index contributed by atoms with van der Waals surface area (Å²) in [6, 6.07) is 9.44. The van der Waals surface area contributed by atoms with Gasteiger partial charge in [-0.05, 0) is 25.3 Å². The van der Waals surface area contributed by atoms with Gasteiger partial charge in [0.05, 0.1) is 11.8 Å². The van der Waals surface area contributed by atoms with E-state index in [2.05, 4.69) is 0 Å². The maximum Gasteiger partial charge on any atom is 0.306 e. The number of amides is 1. The van der Waals surface area contributed by atoms with Gasteiger partial charge in [0.2, 0.25) is 5.91 Å². The van der Waals surface area contributed by atoms with Gasteiger partial charge < -0.3 is 15.7 Å². The van der Waals surface area contributed by atoms with Crippen molar-refractivity contribution in [2.45, 2.75) is 31.7 Å². The molecule has 0 spiro atoms. The molecule has 0 bridgehead atoms. The molecular formula is C16H22N2O3. The smallest absolute Gasteiger partial charge is 0.306 e. The molecule has 3 unspecified atom stereocenters. The number of aliphatic carboxylic acids is 1. The van der Waals surface area contributed by atoms with E-state index in [0.29, 0.717) is 19.4 Å². The molecule has 114 valence electrons. The number of carbonyl (C=O) groups excluding carboxylic acids is 1. The fourth-order valence-electron chi connectivity index (χ4n) is 2.99. The van der Waals surface area contributed by atoms with E-state index >= 15 is 0 Å². The summed E-state index contributed by atoms with van der Waals surface area (Å²) in [7, 11) is 0. The van der Waals surface area contributed by atoms with Crippen LogP contribution >= 0.6 is 0 Å². The lowest BCUT2D eigenvalue weighted by Crippen LogP contribution is -2.48. The predicted molar refractivity (Wildman–Crippen MR) is 79.8 cm³/mol. The van der Waals surface area contributed by atoms with Gasteiger partial charge in [-0.15, -0.1) is 0 Å². The highest BCUT2D eigenvalue weighted by Gasteiger charge is 2.34. The van der Waals surface area contributed by atoms with Gasteiger partial charge in [-0.1, -0.05) is 30.3 Å². The first-order valence-corrected chi connectivity index (χ1v) is 7.33. The molecule has 5 heteroatoms. The van der Waals surface area contributed by atoms with Crippen molar-refractivity contribution < 1.29 is 14.7 Å². The lowest BCUT2D eigenvalue weighted by Gasteiger charge is -2.38. The molecule has 0 aromatic heterocycles. The molecule has 3 atom stereocenters. The van der Waals surface area contributed by atoms with Gasteiger partial charge in [0.15, 0.2) is 0 Å². The first kappa shape index (κ1) is 15.5. The zero-order valence-corrected chi connectivity index (χ0v) is 12.2. The van der Waals surface area contributed by atoms with Crippen LogP contribution in [0.15, 0.2) is 30.3 Å². The third kappa shape index (κ3) is 3.42. The molecular weight excluding hydrogens is 268 g/mol. The number of nitrogens with zero attached hydrogens (tertiary/aromatic N) is 1. The van der Waals surface area contributed by atoms with Crippen molar-refractivity contribution in [3.05, 3.63) is 35.9 Å². The topological polar surface area (TPSA) is 83.6 Å². The van der Waals surface area contributed by atoms with Crippen molar-refractivity contribution in [1.29, 1.82) is 0 Å². The van der Waals surface area contributed by atoms with Crippen LogP contribution in [0.25, 0.3) is 0 Å². The summed E-state index contributed by atoms with van der Waals surface area (Å²) in [6.45, 7) is 2.65. The van der Waals surface area contributed by atoms with Crippen molar-refractivity contribution in [3.8, 4) is 0 Å². The summed E-state index contributed by atoms with van der Waals surface area (Å²) in [6.07, 6.45) is 1.02. The van der Waals surface area contributed by atoms with Crippen molar-refractivity contribution in [2.75, 3.05) is 13.1 Å². The van der Waals surface area contributed by atoms with E-state index in [1.807, 2.05) is 37.3 Å². The summed E-state index contributed by atoms with van der Waals surface area (Å²) in [5.41, 5.74) is 6.71. The Hall–Kier alpha value is -1.88. The molecule has 1 saturated heterocycles. The summed E-state index contributed by atoms with van der Waals surface area (Å²) in [5, 5.41) is 9.09. The highest BCUT2D eigenvalue weighted by Crippen LogP contribution is 2.27. The minimum Gasteiger partial charge on any atom is -0.481 e. The quantitative estimate of drug-likeness (QED) is 0.879. The molecule has 0 aliphatic carbocycles. The number of hydrogen-bond acceptors (Lipinski definition) is 3. The third-order valence-electron chi connectivity index (χ3n) is 4.24. The molecule has 0 radical (unpaired) electrons. The molecule has 2 rings (SSSR count). The summed E-state index contributed by atoms with van der Waals surface area (Å²) >= 11 is 0. The van der Waals surface area contributed by atoms with Crippen LogP contribution in [0.1, 0.15) is 31.2 Å². The van der Waals surface area contributed by atoms with E-state index in [1.165, 1.54) is 0 Å². The van der Waals surface area contributed by atoms with Gasteiger partial charge in [0, 0.05) is 19.1 Å². The molecule has 1 fully saturated rings. The molecule has 0 saturated carbocycles. The molecule has 1 aliphatic rings. The zero-order valence-electron chi connectivity index (χ0n) is 12.2. The maximum absolute atomic E-state index is 12.7. The van der Waals surface area contributed by atoms with E-state index in [9.17, 15) is 9.59 Å². The van der Waals surface area contributed by atoms with Crippen LogP contribution in [-0.2, 0) is 9.59 Å². The summed E-state index contributed by atoms with van der Waals surface area (Å²) in [5.74, 6) is -1.47. The van der Waals surface area contributed by atoms with Crippen molar-refractivity contribution in [3.63, 3.8) is 0 Å². The summed E-state index contributed by atoms with van der Waals surface area (Å²) in [4.78, 5) is 25.6. The van der Waals surface area contributed by atoms with Gasteiger partial charge >= 0.3 is 5.97 Å². The molecule has 1 aliphatic heterocycles. The second-order valence-corrected chi connectivity index (χ2v) is 5.64. The van der Waals surface area contributed by atoms with E-state index in [-0.39, 0.29) is 30.3 Å². The van der Waals surface area contributed by atoms with Crippen LogP contribution in [0.2, 0.25) is 0 Å². The molecule has 5 nitrogen and oxygen atoms in total. The highest BCUT2D eigenvalue weighted by molar-refractivity contribution is 5.84. The minimum absolute atomic E-state index is 0.0000359. The second-order valence-electron chi connectivity index (χ2n) is 5.64. The van der Waals surface area contributed by atoms with Gasteiger partial charge in [0.1, 0.15) is 0 Å². The molecule has 1 heterocycles. The Morgan fingerprint density at radius 1 is 1.38 bits per heavy atom. The average Bonchev–Trinajstić information content (AvgIpc) is 2.48. The van der Waals surface area contributed by atoms with Gasteiger partial charge in [-0.25, -0.2) is 0 Å². The van der Waals surface area contributed by atoms with Crippen LogP contribution in [-0.4, -0.2) is 41.0 Å². The third-order valence-corrected chi connectivity index (χ3v) is 4.24. The van der Waals surface area contributed by atoms with Crippen LogP contribution < -0.4 is 5.73 Å². The fourth-order valence-corrected chi connectivity index (χ4v) is 2.99. The van der Waals surface area contributed by atoms with Gasteiger partial charge in [-0.2, -0.15) is 0 Å². The van der Waals surface area contributed by atoms with Gasteiger partial charge in [0.25, 0.3) is 0 Å². The normalized spacial score (nSPS) is 23.6. The van der Waals surface area contributed by atoms with Crippen LogP contribution in [0.4, 0.5) is 0 Å². The van der Waals surface area contributed by atoms with Crippen molar-refractivity contribution >= 4 is 11.9 Å². The SMILES string of the molecule is CC1CC(C(=O)O)CCN1C(=O)C(CN)c1ccccc1. The maximum atomic E-state index is 12.7. The first-order valence-electron chi connectivity index (χ1n) is 7.33. The number of nitrogens with two attached hydrogens (primary N) is 1. The number of rotatable bonds is 4. The monoisotopic (exact) mass is 290 g/mol. The Balaban J connectivity index is 2.10. The van der Waals surface area contributed by atoms with Gasteiger partial charge in [-0.3, -0.25) is 9.59 Å². The number of piperidine rings is 1. The number of carboxylic acids is 1. The van der Waals surface area contributed by atoms with E-state index in [4.69, 9.17) is 10.8 Å². The Kier molecular flexibility index (Phi) is 4.96. The number of benzene rings is 1.